The second kappa shape index (κ2) is 12.1. The van der Waals surface area contributed by atoms with E-state index in [0.29, 0.717) is 44.0 Å². The standard InChI is InChI=1S/C29H38FN3O5/c1-29(18-36-19-29)38-17-21-7-9-22(30)15-25(21)26(28(34)35)33-13-11-24(16-33)37-14-3-2-6-23-10-8-20-5-4-12-31-27(20)32-23/h7-10,15,24,26H,2-6,11-14,16-19H2,1H3,(H,31,32)(H,34,35)/t24-,26?/m1/s1. The summed E-state index contributed by atoms with van der Waals surface area (Å²) in [4.78, 5) is 19.0. The summed E-state index contributed by atoms with van der Waals surface area (Å²) in [6.07, 6.45) is 5.76. The normalized spacial score (nSPS) is 21.4. The minimum absolute atomic E-state index is 0.0396. The Morgan fingerprint density at radius 2 is 2.18 bits per heavy atom. The lowest BCUT2D eigenvalue weighted by molar-refractivity contribution is -0.204. The van der Waals surface area contributed by atoms with Gasteiger partial charge >= 0.3 is 5.97 Å². The number of unbranched alkanes of at least 4 members (excludes halogenated alkanes) is 1. The van der Waals surface area contributed by atoms with Crippen LogP contribution in [-0.4, -0.2) is 72.1 Å². The van der Waals surface area contributed by atoms with E-state index in [1.807, 2.05) is 11.8 Å². The first-order valence-electron chi connectivity index (χ1n) is 13.7. The molecule has 2 N–H and O–H groups in total. The van der Waals surface area contributed by atoms with Crippen molar-refractivity contribution in [1.29, 1.82) is 0 Å². The number of fused-ring (bicyclic) bond motifs is 1. The SMILES string of the molecule is CC1(OCc2ccc(F)cc2C(C(=O)O)N2CC[C@@H](OCCCCc3ccc4c(n3)NCCC4)C2)COC1. The van der Waals surface area contributed by atoms with Crippen molar-refractivity contribution >= 4 is 11.8 Å². The third kappa shape index (κ3) is 6.51. The van der Waals surface area contributed by atoms with Gasteiger partial charge in [-0.1, -0.05) is 12.1 Å². The lowest BCUT2D eigenvalue weighted by atomic mass is 9.98. The minimum atomic E-state index is -0.997. The van der Waals surface area contributed by atoms with Crippen LogP contribution in [0.15, 0.2) is 30.3 Å². The maximum Gasteiger partial charge on any atom is 0.325 e. The fraction of sp³-hybridized carbons (Fsp3) is 0.586. The summed E-state index contributed by atoms with van der Waals surface area (Å²) in [5, 5.41) is 13.5. The van der Waals surface area contributed by atoms with Crippen molar-refractivity contribution in [3.05, 3.63) is 58.5 Å². The molecule has 2 aromatic rings. The predicted molar refractivity (Wildman–Crippen MR) is 141 cm³/mol. The molecule has 1 unspecified atom stereocenters. The van der Waals surface area contributed by atoms with E-state index < -0.39 is 17.8 Å². The highest BCUT2D eigenvalue weighted by molar-refractivity contribution is 5.76. The van der Waals surface area contributed by atoms with E-state index in [1.54, 1.807) is 6.07 Å². The number of benzene rings is 1. The van der Waals surface area contributed by atoms with Gasteiger partial charge in [0.2, 0.25) is 0 Å². The molecule has 8 nitrogen and oxygen atoms in total. The number of aryl methyl sites for hydroxylation is 2. The Balaban J connectivity index is 1.11. The van der Waals surface area contributed by atoms with Crippen molar-refractivity contribution in [3.8, 4) is 0 Å². The molecule has 2 fully saturated rings. The highest BCUT2D eigenvalue weighted by Crippen LogP contribution is 2.32. The van der Waals surface area contributed by atoms with Gasteiger partial charge in [0.25, 0.3) is 0 Å². The van der Waals surface area contributed by atoms with Crippen LogP contribution in [0.4, 0.5) is 10.2 Å². The molecule has 5 rings (SSSR count). The Kier molecular flexibility index (Phi) is 8.57. The van der Waals surface area contributed by atoms with Gasteiger partial charge in [-0.05, 0) is 80.3 Å². The lowest BCUT2D eigenvalue weighted by Crippen LogP contribution is -2.49. The number of carboxylic acid groups (broad SMARTS) is 1. The first-order chi connectivity index (χ1) is 18.4. The van der Waals surface area contributed by atoms with E-state index in [-0.39, 0.29) is 18.3 Å². The van der Waals surface area contributed by atoms with Crippen LogP contribution in [0.1, 0.15) is 61.0 Å². The summed E-state index contributed by atoms with van der Waals surface area (Å²) in [6.45, 7) is 5.85. The first kappa shape index (κ1) is 27.0. The van der Waals surface area contributed by atoms with Crippen molar-refractivity contribution < 1.29 is 28.5 Å². The molecule has 1 aromatic carbocycles. The monoisotopic (exact) mass is 527 g/mol. The number of hydrogen-bond acceptors (Lipinski definition) is 7. The van der Waals surface area contributed by atoms with E-state index in [2.05, 4.69) is 17.4 Å². The number of hydrogen-bond donors (Lipinski definition) is 2. The van der Waals surface area contributed by atoms with Crippen molar-refractivity contribution in [2.45, 2.75) is 69.8 Å². The van der Waals surface area contributed by atoms with Crippen molar-refractivity contribution in [2.24, 2.45) is 0 Å². The number of pyridine rings is 1. The van der Waals surface area contributed by atoms with Gasteiger partial charge in [0.05, 0.1) is 25.9 Å². The van der Waals surface area contributed by atoms with Crippen LogP contribution in [-0.2, 0) is 38.5 Å². The Labute approximate surface area is 223 Å². The Morgan fingerprint density at radius 1 is 1.32 bits per heavy atom. The van der Waals surface area contributed by atoms with Gasteiger partial charge in [-0.3, -0.25) is 9.69 Å². The predicted octanol–water partition coefficient (Wildman–Crippen LogP) is 4.12. The van der Waals surface area contributed by atoms with Crippen LogP contribution in [0.2, 0.25) is 0 Å². The zero-order chi connectivity index (χ0) is 26.5. The largest absolute Gasteiger partial charge is 0.480 e. The summed E-state index contributed by atoms with van der Waals surface area (Å²) in [6, 6.07) is 7.67. The van der Waals surface area contributed by atoms with Crippen molar-refractivity contribution in [2.75, 3.05) is 44.8 Å². The third-order valence-corrected chi connectivity index (χ3v) is 7.70. The topological polar surface area (TPSA) is 93.2 Å². The first-order valence-corrected chi connectivity index (χ1v) is 13.7. The molecule has 0 aliphatic carbocycles. The van der Waals surface area contributed by atoms with Crippen LogP contribution in [0, 0.1) is 5.82 Å². The number of carbonyl (C=O) groups is 1. The van der Waals surface area contributed by atoms with Crippen molar-refractivity contribution in [3.63, 3.8) is 0 Å². The number of aliphatic carboxylic acids is 1. The number of halogens is 1. The Hall–Kier alpha value is -2.59. The lowest BCUT2D eigenvalue weighted by Gasteiger charge is -2.38. The molecule has 4 heterocycles. The minimum Gasteiger partial charge on any atom is -0.480 e. The third-order valence-electron chi connectivity index (χ3n) is 7.70. The molecule has 0 amide bonds. The van der Waals surface area contributed by atoms with Crippen LogP contribution in [0.25, 0.3) is 0 Å². The van der Waals surface area contributed by atoms with Crippen molar-refractivity contribution in [1.82, 2.24) is 9.88 Å². The van der Waals surface area contributed by atoms with Gasteiger partial charge in [0.15, 0.2) is 0 Å². The maximum absolute atomic E-state index is 14.2. The fourth-order valence-electron chi connectivity index (χ4n) is 5.45. The van der Waals surface area contributed by atoms with Crippen LogP contribution >= 0.6 is 0 Å². The highest BCUT2D eigenvalue weighted by Gasteiger charge is 2.37. The Morgan fingerprint density at radius 3 is 2.97 bits per heavy atom. The molecular weight excluding hydrogens is 489 g/mol. The number of rotatable bonds is 12. The van der Waals surface area contributed by atoms with E-state index >= 15 is 0 Å². The van der Waals surface area contributed by atoms with Crippen LogP contribution in [0.5, 0.6) is 0 Å². The molecule has 0 spiro atoms. The number of anilines is 1. The van der Waals surface area contributed by atoms with Gasteiger partial charge in [-0.25, -0.2) is 9.37 Å². The van der Waals surface area contributed by atoms with Gasteiger partial charge in [-0.15, -0.1) is 0 Å². The molecule has 3 aliphatic rings. The molecule has 1 aromatic heterocycles. The van der Waals surface area contributed by atoms with Gasteiger partial charge in [0.1, 0.15) is 23.3 Å². The molecule has 0 bridgehead atoms. The smallest absolute Gasteiger partial charge is 0.325 e. The molecule has 2 atom stereocenters. The molecular formula is C29H38FN3O5. The van der Waals surface area contributed by atoms with E-state index in [4.69, 9.17) is 19.2 Å². The maximum atomic E-state index is 14.2. The average molecular weight is 528 g/mol. The van der Waals surface area contributed by atoms with E-state index in [9.17, 15) is 14.3 Å². The molecule has 3 aliphatic heterocycles. The number of nitrogens with one attached hydrogen (secondary N) is 1. The van der Waals surface area contributed by atoms with Crippen LogP contribution < -0.4 is 5.32 Å². The molecule has 38 heavy (non-hydrogen) atoms. The zero-order valence-electron chi connectivity index (χ0n) is 22.1. The highest BCUT2D eigenvalue weighted by atomic mass is 19.1. The molecule has 9 heteroatoms. The number of aromatic nitrogens is 1. The average Bonchev–Trinajstić information content (AvgIpc) is 3.35. The summed E-state index contributed by atoms with van der Waals surface area (Å²) in [5.74, 6) is -0.421. The van der Waals surface area contributed by atoms with E-state index in [0.717, 1.165) is 56.6 Å². The quantitative estimate of drug-likeness (QED) is 0.398. The molecule has 206 valence electrons. The number of likely N-dealkylation sites (tertiary alicyclic amines) is 1. The number of ether oxygens (including phenoxy) is 3. The van der Waals surface area contributed by atoms with Gasteiger partial charge in [-0.2, -0.15) is 0 Å². The summed E-state index contributed by atoms with van der Waals surface area (Å²) < 4.78 is 31.6. The fourth-order valence-corrected chi connectivity index (χ4v) is 5.45. The Bertz CT molecular complexity index is 1130. The van der Waals surface area contributed by atoms with E-state index in [1.165, 1.54) is 17.7 Å². The summed E-state index contributed by atoms with van der Waals surface area (Å²) >= 11 is 0. The molecule has 2 saturated heterocycles. The van der Waals surface area contributed by atoms with Crippen LogP contribution in [0.3, 0.4) is 0 Å². The summed E-state index contributed by atoms with van der Waals surface area (Å²) in [7, 11) is 0. The summed E-state index contributed by atoms with van der Waals surface area (Å²) in [5.41, 5.74) is 3.14. The molecule has 0 radical (unpaired) electrons. The second-order valence-corrected chi connectivity index (χ2v) is 10.9. The second-order valence-electron chi connectivity index (χ2n) is 10.9. The zero-order valence-corrected chi connectivity index (χ0v) is 22.1. The molecule has 0 saturated carbocycles. The number of carboxylic acids is 1. The van der Waals surface area contributed by atoms with Gasteiger partial charge < -0.3 is 24.6 Å². The number of nitrogens with zero attached hydrogens (tertiary/aromatic N) is 2. The van der Waals surface area contributed by atoms with Gasteiger partial charge in [0, 0.05) is 31.9 Å².